The highest BCUT2D eigenvalue weighted by molar-refractivity contribution is 6.04. The Morgan fingerprint density at radius 2 is 1.51 bits per heavy atom. The van der Waals surface area contributed by atoms with E-state index in [1.807, 2.05) is 38.1 Å². The molecule has 0 spiro atoms. The first-order valence-electron chi connectivity index (χ1n) is 14.4. The number of halogens is 1. The van der Waals surface area contributed by atoms with Crippen molar-refractivity contribution < 1.29 is 18.8 Å². The average Bonchev–Trinajstić information content (AvgIpc) is 2.96. The zero-order valence-corrected chi connectivity index (χ0v) is 23.1. The van der Waals surface area contributed by atoms with E-state index >= 15 is 0 Å². The molecule has 39 heavy (non-hydrogen) atoms. The Balaban J connectivity index is 0.992. The number of piperidine rings is 1. The molecule has 1 saturated carbocycles. The van der Waals surface area contributed by atoms with Crippen LogP contribution in [0.1, 0.15) is 79.5 Å². The van der Waals surface area contributed by atoms with Crippen molar-refractivity contribution in [1.82, 2.24) is 10.2 Å². The molecule has 0 radical (unpaired) electrons. The van der Waals surface area contributed by atoms with Crippen LogP contribution in [0.2, 0.25) is 0 Å². The summed E-state index contributed by atoms with van der Waals surface area (Å²) < 4.78 is 13.2. The molecule has 2 aromatic carbocycles. The third kappa shape index (κ3) is 6.40. The standard InChI is InChI=1S/C32H40FN3O3/c1-32(2)21-36(31(32)39)28-13-7-25(8-14-28)30(38)34-27-11-3-22(4-12-27)15-18-35-19-16-24(17-20-35)29(37)23-5-9-26(33)10-6-23/h5-10,13-14,22,24,27H,3-4,11-12,15-21H2,1-2H3,(H,34,38)/t22-,27-. The van der Waals surface area contributed by atoms with Crippen LogP contribution in [-0.4, -0.2) is 54.7 Å². The van der Waals surface area contributed by atoms with Crippen molar-refractivity contribution in [3.05, 3.63) is 65.5 Å². The molecule has 6 nitrogen and oxygen atoms in total. The Kier molecular flexibility index (Phi) is 8.17. The molecule has 0 aromatic heterocycles. The third-order valence-electron chi connectivity index (χ3n) is 8.94. The van der Waals surface area contributed by atoms with Gasteiger partial charge < -0.3 is 15.1 Å². The second kappa shape index (κ2) is 11.6. The first kappa shape index (κ1) is 27.5. The lowest BCUT2D eigenvalue weighted by molar-refractivity contribution is -0.132. The van der Waals surface area contributed by atoms with E-state index in [1.165, 1.54) is 12.1 Å². The third-order valence-corrected chi connectivity index (χ3v) is 8.94. The second-order valence-corrected chi connectivity index (χ2v) is 12.3. The summed E-state index contributed by atoms with van der Waals surface area (Å²) in [5.41, 5.74) is 1.80. The van der Waals surface area contributed by atoms with Gasteiger partial charge in [-0.2, -0.15) is 0 Å². The van der Waals surface area contributed by atoms with Gasteiger partial charge >= 0.3 is 0 Å². The number of hydrogen-bond acceptors (Lipinski definition) is 4. The summed E-state index contributed by atoms with van der Waals surface area (Å²) >= 11 is 0. The van der Waals surface area contributed by atoms with Gasteiger partial charge in [-0.3, -0.25) is 14.4 Å². The van der Waals surface area contributed by atoms with Crippen LogP contribution in [0.15, 0.2) is 48.5 Å². The number of rotatable bonds is 8. The van der Waals surface area contributed by atoms with E-state index in [9.17, 15) is 18.8 Å². The number of carbonyl (C=O) groups is 3. The zero-order valence-electron chi connectivity index (χ0n) is 23.1. The van der Waals surface area contributed by atoms with E-state index in [1.54, 1.807) is 17.0 Å². The molecule has 3 aliphatic rings. The Morgan fingerprint density at radius 3 is 2.10 bits per heavy atom. The predicted octanol–water partition coefficient (Wildman–Crippen LogP) is 5.47. The number of ketones is 1. The minimum atomic E-state index is -0.311. The highest BCUT2D eigenvalue weighted by Gasteiger charge is 2.44. The first-order chi connectivity index (χ1) is 18.7. The molecule has 1 N–H and O–H groups in total. The number of hydrogen-bond donors (Lipinski definition) is 1. The summed E-state index contributed by atoms with van der Waals surface area (Å²) in [6.45, 7) is 7.54. The SMILES string of the molecule is CC1(C)CN(c2ccc(C(=O)N[C@H]3CC[C@H](CCN4CCC(C(=O)c5ccc(F)cc5)CC4)CC3)cc2)C1=O. The van der Waals surface area contributed by atoms with Gasteiger partial charge in [0.2, 0.25) is 5.91 Å². The van der Waals surface area contributed by atoms with Crippen LogP contribution >= 0.6 is 0 Å². The number of nitrogens with one attached hydrogen (secondary N) is 1. The molecule has 2 amide bonds. The normalized spacial score (nSPS) is 23.8. The molecule has 7 heteroatoms. The molecule has 3 fully saturated rings. The van der Waals surface area contributed by atoms with Crippen LogP contribution in [0.25, 0.3) is 0 Å². The van der Waals surface area contributed by atoms with Crippen molar-refractivity contribution in [2.24, 2.45) is 17.3 Å². The van der Waals surface area contributed by atoms with Crippen molar-refractivity contribution in [3.8, 4) is 0 Å². The maximum absolute atomic E-state index is 13.2. The average molecular weight is 534 g/mol. The Labute approximate surface area is 230 Å². The molecular formula is C32H40FN3O3. The second-order valence-electron chi connectivity index (χ2n) is 12.3. The Hall–Kier alpha value is -3.06. The monoisotopic (exact) mass is 533 g/mol. The maximum Gasteiger partial charge on any atom is 0.251 e. The molecule has 5 rings (SSSR count). The zero-order chi connectivity index (χ0) is 27.6. The summed E-state index contributed by atoms with van der Waals surface area (Å²) in [5, 5.41) is 3.21. The molecule has 2 saturated heterocycles. The molecule has 0 bridgehead atoms. The minimum Gasteiger partial charge on any atom is -0.349 e. The lowest BCUT2D eigenvalue weighted by atomic mass is 9.82. The van der Waals surface area contributed by atoms with Crippen LogP contribution in [0, 0.1) is 23.1 Å². The van der Waals surface area contributed by atoms with Crippen molar-refractivity contribution in [1.29, 1.82) is 0 Å². The van der Waals surface area contributed by atoms with Crippen LogP contribution < -0.4 is 10.2 Å². The van der Waals surface area contributed by atoms with Gasteiger partial charge in [-0.25, -0.2) is 4.39 Å². The number of β-lactam (4-membered cyclic amide) rings is 1. The van der Waals surface area contributed by atoms with Crippen LogP contribution in [0.3, 0.4) is 0 Å². The Morgan fingerprint density at radius 1 is 0.897 bits per heavy atom. The van der Waals surface area contributed by atoms with E-state index in [0.717, 1.165) is 70.3 Å². The van der Waals surface area contributed by atoms with Crippen LogP contribution in [0.4, 0.5) is 10.1 Å². The molecule has 2 aliphatic heterocycles. The van der Waals surface area contributed by atoms with Gasteiger partial charge in [0.05, 0.1) is 5.41 Å². The van der Waals surface area contributed by atoms with Crippen molar-refractivity contribution >= 4 is 23.3 Å². The summed E-state index contributed by atoms with van der Waals surface area (Å²) in [7, 11) is 0. The fourth-order valence-corrected chi connectivity index (χ4v) is 6.31. The van der Waals surface area contributed by atoms with Crippen LogP contribution in [0.5, 0.6) is 0 Å². The van der Waals surface area contributed by atoms with Gasteiger partial charge in [-0.05, 0) is 133 Å². The van der Waals surface area contributed by atoms with Crippen molar-refractivity contribution in [2.75, 3.05) is 31.1 Å². The topological polar surface area (TPSA) is 69.7 Å². The number of amides is 2. The highest BCUT2D eigenvalue weighted by Crippen LogP contribution is 2.35. The molecule has 0 atom stereocenters. The number of Topliss-reactive ketones (excluding diaryl/α,β-unsaturated/α-hetero) is 1. The Bertz CT molecular complexity index is 1180. The van der Waals surface area contributed by atoms with Gasteiger partial charge in [0.1, 0.15) is 5.82 Å². The molecule has 2 aromatic rings. The van der Waals surface area contributed by atoms with Crippen molar-refractivity contribution in [2.45, 2.75) is 64.8 Å². The van der Waals surface area contributed by atoms with Gasteiger partial charge in [0, 0.05) is 35.3 Å². The lowest BCUT2D eigenvalue weighted by Gasteiger charge is -2.44. The largest absolute Gasteiger partial charge is 0.349 e. The summed E-state index contributed by atoms with van der Waals surface area (Å²) in [6.07, 6.45) is 7.13. The fourth-order valence-electron chi connectivity index (χ4n) is 6.31. The lowest BCUT2D eigenvalue weighted by Crippen LogP contribution is -2.58. The summed E-state index contributed by atoms with van der Waals surface area (Å²) in [5.74, 6) is 0.619. The van der Waals surface area contributed by atoms with E-state index < -0.39 is 0 Å². The number of benzene rings is 2. The van der Waals surface area contributed by atoms with Gasteiger partial charge in [0.15, 0.2) is 5.78 Å². The number of anilines is 1. The van der Waals surface area contributed by atoms with Gasteiger partial charge in [-0.15, -0.1) is 0 Å². The minimum absolute atomic E-state index is 0.0346. The quantitative estimate of drug-likeness (QED) is 0.361. The molecule has 208 valence electrons. The maximum atomic E-state index is 13.2. The summed E-state index contributed by atoms with van der Waals surface area (Å²) in [4.78, 5) is 42.0. The van der Waals surface area contributed by atoms with E-state index in [-0.39, 0.29) is 40.8 Å². The van der Waals surface area contributed by atoms with E-state index in [2.05, 4.69) is 10.2 Å². The van der Waals surface area contributed by atoms with Gasteiger partial charge in [0.25, 0.3) is 5.91 Å². The predicted molar refractivity (Wildman–Crippen MR) is 150 cm³/mol. The number of carbonyl (C=O) groups excluding carboxylic acids is 3. The van der Waals surface area contributed by atoms with Crippen LogP contribution in [-0.2, 0) is 4.79 Å². The van der Waals surface area contributed by atoms with Gasteiger partial charge in [-0.1, -0.05) is 0 Å². The molecule has 1 aliphatic carbocycles. The van der Waals surface area contributed by atoms with E-state index in [0.29, 0.717) is 23.6 Å². The summed E-state index contributed by atoms with van der Waals surface area (Å²) in [6, 6.07) is 13.5. The fraction of sp³-hybridized carbons (Fsp3) is 0.531. The smallest absolute Gasteiger partial charge is 0.251 e. The highest BCUT2D eigenvalue weighted by atomic mass is 19.1. The number of nitrogens with zero attached hydrogens (tertiary/aromatic N) is 2. The van der Waals surface area contributed by atoms with E-state index in [4.69, 9.17) is 0 Å². The first-order valence-corrected chi connectivity index (χ1v) is 14.4. The molecule has 0 unspecified atom stereocenters. The molecular weight excluding hydrogens is 493 g/mol. The number of likely N-dealkylation sites (tertiary alicyclic amines) is 1. The van der Waals surface area contributed by atoms with Crippen molar-refractivity contribution in [3.63, 3.8) is 0 Å². The molecule has 2 heterocycles.